The number of fused-ring (bicyclic) bond motifs is 1. The van der Waals surface area contributed by atoms with E-state index in [2.05, 4.69) is 22.0 Å². The first-order valence-corrected chi connectivity index (χ1v) is 12.2. The number of unbranched alkanes of at least 4 members (excludes halogenated alkanes) is 2. The monoisotopic (exact) mass is 475 g/mol. The minimum Gasteiger partial charge on any atom is -0.492 e. The molecule has 0 fully saturated rings. The van der Waals surface area contributed by atoms with Crippen LogP contribution in [0.1, 0.15) is 41.0 Å². The number of amides is 1. The maximum Gasteiger partial charge on any atom is 0.251 e. The predicted octanol–water partition coefficient (Wildman–Crippen LogP) is 6.22. The van der Waals surface area contributed by atoms with E-state index in [0.717, 1.165) is 66.0 Å². The standard InChI is InChI=1S/C28H30ClN3O2/c1-21-8-7-9-22(20-21)28(33)30-17-6-2-3-12-27-31-25-10-4-5-11-26(25)32(27)18-19-34-24-15-13-23(29)14-16-24/h4-5,7-11,13-16,20H,2-3,6,12,17-19H2,1H3,(H,30,33). The Morgan fingerprint density at radius 3 is 2.65 bits per heavy atom. The van der Waals surface area contributed by atoms with E-state index >= 15 is 0 Å². The van der Waals surface area contributed by atoms with E-state index in [1.54, 1.807) is 0 Å². The Bertz CT molecular complexity index is 1230. The molecule has 0 radical (unpaired) electrons. The van der Waals surface area contributed by atoms with Crippen LogP contribution in [0.2, 0.25) is 5.02 Å². The first kappa shape index (κ1) is 23.8. The molecule has 0 atom stereocenters. The molecule has 0 aliphatic carbocycles. The minimum absolute atomic E-state index is 0.00817. The van der Waals surface area contributed by atoms with Crippen LogP contribution < -0.4 is 10.1 Å². The summed E-state index contributed by atoms with van der Waals surface area (Å²) >= 11 is 5.95. The van der Waals surface area contributed by atoms with Crippen molar-refractivity contribution < 1.29 is 9.53 Å². The number of imidazole rings is 1. The fourth-order valence-corrected chi connectivity index (χ4v) is 4.15. The Kier molecular flexibility index (Phi) is 8.21. The van der Waals surface area contributed by atoms with E-state index in [0.29, 0.717) is 18.2 Å². The maximum atomic E-state index is 12.3. The number of ether oxygens (including phenoxy) is 1. The van der Waals surface area contributed by atoms with Gasteiger partial charge in [0.25, 0.3) is 5.91 Å². The summed E-state index contributed by atoms with van der Waals surface area (Å²) in [5, 5.41) is 3.72. The lowest BCUT2D eigenvalue weighted by molar-refractivity contribution is 0.0953. The molecule has 4 rings (SSSR count). The Labute approximate surface area is 205 Å². The van der Waals surface area contributed by atoms with Crippen LogP contribution in [0.4, 0.5) is 0 Å². The Morgan fingerprint density at radius 1 is 1.00 bits per heavy atom. The third-order valence-electron chi connectivity index (χ3n) is 5.77. The molecule has 3 aromatic carbocycles. The van der Waals surface area contributed by atoms with Gasteiger partial charge in [0.1, 0.15) is 18.2 Å². The van der Waals surface area contributed by atoms with Crippen molar-refractivity contribution in [1.29, 1.82) is 0 Å². The normalized spacial score (nSPS) is 11.0. The number of aryl methyl sites for hydroxylation is 2. The molecule has 0 spiro atoms. The summed E-state index contributed by atoms with van der Waals surface area (Å²) in [6.07, 6.45) is 3.87. The summed E-state index contributed by atoms with van der Waals surface area (Å²) in [6.45, 7) is 3.96. The van der Waals surface area contributed by atoms with Gasteiger partial charge in [0, 0.05) is 23.6 Å². The van der Waals surface area contributed by atoms with Crippen molar-refractivity contribution in [2.45, 2.75) is 39.2 Å². The number of nitrogens with zero attached hydrogens (tertiary/aromatic N) is 2. The van der Waals surface area contributed by atoms with Crippen molar-refractivity contribution in [3.05, 3.63) is 94.8 Å². The second-order valence-electron chi connectivity index (χ2n) is 8.41. The number of para-hydroxylation sites is 2. The molecule has 1 aromatic heterocycles. The lowest BCUT2D eigenvalue weighted by Gasteiger charge is -2.11. The number of carbonyl (C=O) groups excluding carboxylic acids is 1. The second kappa shape index (κ2) is 11.7. The Hall–Kier alpha value is -3.31. The van der Waals surface area contributed by atoms with Crippen LogP contribution in [0.3, 0.4) is 0 Å². The van der Waals surface area contributed by atoms with Crippen molar-refractivity contribution in [3.63, 3.8) is 0 Å². The molecule has 1 amide bonds. The highest BCUT2D eigenvalue weighted by atomic mass is 35.5. The zero-order chi connectivity index (χ0) is 23.8. The highest BCUT2D eigenvalue weighted by Gasteiger charge is 2.11. The molecule has 1 N–H and O–H groups in total. The smallest absolute Gasteiger partial charge is 0.251 e. The zero-order valence-electron chi connectivity index (χ0n) is 19.5. The highest BCUT2D eigenvalue weighted by Crippen LogP contribution is 2.19. The summed E-state index contributed by atoms with van der Waals surface area (Å²) in [6, 6.07) is 23.3. The highest BCUT2D eigenvalue weighted by molar-refractivity contribution is 6.30. The molecule has 0 unspecified atom stereocenters. The molecule has 1 heterocycles. The van der Waals surface area contributed by atoms with E-state index < -0.39 is 0 Å². The van der Waals surface area contributed by atoms with Crippen LogP contribution in [-0.2, 0) is 13.0 Å². The van der Waals surface area contributed by atoms with Crippen molar-refractivity contribution >= 4 is 28.5 Å². The van der Waals surface area contributed by atoms with Gasteiger partial charge in [-0.2, -0.15) is 0 Å². The molecule has 4 aromatic rings. The lowest BCUT2D eigenvalue weighted by Crippen LogP contribution is -2.24. The van der Waals surface area contributed by atoms with E-state index in [1.165, 1.54) is 0 Å². The molecule has 0 saturated heterocycles. The van der Waals surface area contributed by atoms with Crippen LogP contribution in [0, 0.1) is 6.92 Å². The number of rotatable bonds is 11. The van der Waals surface area contributed by atoms with Gasteiger partial charge in [-0.15, -0.1) is 0 Å². The lowest BCUT2D eigenvalue weighted by atomic mass is 10.1. The van der Waals surface area contributed by atoms with E-state index in [1.807, 2.05) is 67.6 Å². The molecule has 0 aliphatic rings. The van der Waals surface area contributed by atoms with Crippen molar-refractivity contribution in [2.24, 2.45) is 0 Å². The predicted molar refractivity (Wildman–Crippen MR) is 138 cm³/mol. The third-order valence-corrected chi connectivity index (χ3v) is 6.03. The quantitative estimate of drug-likeness (QED) is 0.262. The van der Waals surface area contributed by atoms with E-state index in [4.69, 9.17) is 21.3 Å². The first-order valence-electron chi connectivity index (χ1n) is 11.8. The summed E-state index contributed by atoms with van der Waals surface area (Å²) < 4.78 is 8.17. The number of carbonyl (C=O) groups is 1. The molecular weight excluding hydrogens is 446 g/mol. The van der Waals surface area contributed by atoms with Gasteiger partial charge in [0.05, 0.1) is 17.6 Å². The van der Waals surface area contributed by atoms with E-state index in [-0.39, 0.29) is 5.91 Å². The number of nitrogens with one attached hydrogen (secondary N) is 1. The molecular formula is C28H30ClN3O2. The average molecular weight is 476 g/mol. The van der Waals surface area contributed by atoms with Crippen LogP contribution in [-0.4, -0.2) is 28.6 Å². The molecule has 6 heteroatoms. The zero-order valence-corrected chi connectivity index (χ0v) is 20.2. The van der Waals surface area contributed by atoms with Crippen LogP contribution in [0.5, 0.6) is 5.75 Å². The van der Waals surface area contributed by atoms with Crippen molar-refractivity contribution in [2.75, 3.05) is 13.2 Å². The van der Waals surface area contributed by atoms with Crippen LogP contribution >= 0.6 is 11.6 Å². The molecule has 0 aliphatic heterocycles. The van der Waals surface area contributed by atoms with Gasteiger partial charge in [0.15, 0.2) is 0 Å². The number of hydrogen-bond donors (Lipinski definition) is 1. The van der Waals surface area contributed by atoms with Gasteiger partial charge in [0.2, 0.25) is 0 Å². The van der Waals surface area contributed by atoms with Gasteiger partial charge >= 0.3 is 0 Å². The SMILES string of the molecule is Cc1cccc(C(=O)NCCCCCc2nc3ccccc3n2CCOc2ccc(Cl)cc2)c1. The first-order chi connectivity index (χ1) is 16.6. The van der Waals surface area contributed by atoms with Gasteiger partial charge in [-0.1, -0.05) is 47.9 Å². The van der Waals surface area contributed by atoms with Crippen LogP contribution in [0.25, 0.3) is 11.0 Å². The molecule has 5 nitrogen and oxygen atoms in total. The van der Waals surface area contributed by atoms with Gasteiger partial charge < -0.3 is 14.6 Å². The van der Waals surface area contributed by atoms with Gasteiger partial charge in [-0.3, -0.25) is 4.79 Å². The number of halogens is 1. The van der Waals surface area contributed by atoms with Crippen molar-refractivity contribution in [3.8, 4) is 5.75 Å². The largest absolute Gasteiger partial charge is 0.492 e. The molecule has 34 heavy (non-hydrogen) atoms. The van der Waals surface area contributed by atoms with Gasteiger partial charge in [-0.25, -0.2) is 4.98 Å². The molecule has 0 saturated carbocycles. The average Bonchev–Trinajstić information content (AvgIpc) is 3.20. The minimum atomic E-state index is -0.00817. The Morgan fingerprint density at radius 2 is 1.82 bits per heavy atom. The number of benzene rings is 3. The topological polar surface area (TPSA) is 56.2 Å². The van der Waals surface area contributed by atoms with Gasteiger partial charge in [-0.05, 0) is 68.3 Å². The fraction of sp³-hybridized carbons (Fsp3) is 0.286. The fourth-order valence-electron chi connectivity index (χ4n) is 4.03. The van der Waals surface area contributed by atoms with E-state index in [9.17, 15) is 4.79 Å². The van der Waals surface area contributed by atoms with Crippen LogP contribution in [0.15, 0.2) is 72.8 Å². The summed E-state index contributed by atoms with van der Waals surface area (Å²) in [5.74, 6) is 1.87. The number of hydrogen-bond acceptors (Lipinski definition) is 3. The summed E-state index contributed by atoms with van der Waals surface area (Å²) in [4.78, 5) is 17.1. The summed E-state index contributed by atoms with van der Waals surface area (Å²) in [5.41, 5.74) is 3.95. The summed E-state index contributed by atoms with van der Waals surface area (Å²) in [7, 11) is 0. The maximum absolute atomic E-state index is 12.3. The molecule has 0 bridgehead atoms. The second-order valence-corrected chi connectivity index (χ2v) is 8.84. The Balaban J connectivity index is 1.26. The molecule has 176 valence electrons. The third kappa shape index (κ3) is 6.39. The van der Waals surface area contributed by atoms with Crippen molar-refractivity contribution in [1.82, 2.24) is 14.9 Å². The number of aromatic nitrogens is 2.